The second-order valence-electron chi connectivity index (χ2n) is 22.8. The number of hydrogen-bond donors (Lipinski definition) is 12. The second kappa shape index (κ2) is 49.2. The molecule has 0 aromatic carbocycles. The monoisotopic (exact) mass is 1230 g/mol. The molecule has 19 heteroatoms. The summed E-state index contributed by atoms with van der Waals surface area (Å²) in [6.07, 6.45) is 37.8. The zero-order valence-electron chi connectivity index (χ0n) is 52.2. The van der Waals surface area contributed by atoms with Crippen LogP contribution in [0.3, 0.4) is 0 Å². The average molecular weight is 1230 g/mol. The van der Waals surface area contributed by atoms with Crippen molar-refractivity contribution in [1.82, 2.24) is 5.32 Å². The normalized spacial score (nSPS) is 29.3. The highest BCUT2D eigenvalue weighted by molar-refractivity contribution is 5.76. The molecule has 498 valence electrons. The highest BCUT2D eigenvalue weighted by Crippen LogP contribution is 2.33. The van der Waals surface area contributed by atoms with Gasteiger partial charge in [-0.3, -0.25) is 4.79 Å². The maximum absolute atomic E-state index is 13.4. The van der Waals surface area contributed by atoms with Crippen LogP contribution in [0, 0.1) is 0 Å². The van der Waals surface area contributed by atoms with Crippen LogP contribution in [0.5, 0.6) is 0 Å². The number of hydrogen-bond acceptors (Lipinski definition) is 18. The van der Waals surface area contributed by atoms with Crippen LogP contribution in [-0.4, -0.2) is 193 Å². The summed E-state index contributed by atoms with van der Waals surface area (Å²) in [5.41, 5.74) is 0. The third-order valence-corrected chi connectivity index (χ3v) is 15.6. The molecular formula is C68H113NO18. The van der Waals surface area contributed by atoms with Gasteiger partial charge in [-0.15, -0.1) is 0 Å². The van der Waals surface area contributed by atoms with E-state index in [1.807, 2.05) is 6.08 Å². The molecule has 17 unspecified atom stereocenters. The lowest BCUT2D eigenvalue weighted by Crippen LogP contribution is -2.66. The first kappa shape index (κ1) is 77.7. The fourth-order valence-electron chi connectivity index (χ4n) is 10.2. The van der Waals surface area contributed by atoms with Gasteiger partial charge < -0.3 is 89.9 Å². The van der Waals surface area contributed by atoms with Crippen molar-refractivity contribution in [3.63, 3.8) is 0 Å². The van der Waals surface area contributed by atoms with E-state index in [0.717, 1.165) is 109 Å². The fraction of sp³-hybridized carbons (Fsp3) is 0.721. The Balaban J connectivity index is 1.44. The number of aliphatic hydroxyl groups is 11. The molecule has 0 spiro atoms. The summed E-state index contributed by atoms with van der Waals surface area (Å²) < 4.78 is 34.2. The Hall–Kier alpha value is -3.55. The largest absolute Gasteiger partial charge is 0.394 e. The molecule has 87 heavy (non-hydrogen) atoms. The van der Waals surface area contributed by atoms with Crippen molar-refractivity contribution in [3.05, 3.63) is 109 Å². The molecule has 19 nitrogen and oxygen atoms in total. The minimum atomic E-state index is -1.99. The smallest absolute Gasteiger partial charge is 0.220 e. The van der Waals surface area contributed by atoms with Gasteiger partial charge in [-0.05, 0) is 89.9 Å². The molecule has 0 bridgehead atoms. The highest BCUT2D eigenvalue weighted by Gasteiger charge is 2.53. The first-order chi connectivity index (χ1) is 42.3. The van der Waals surface area contributed by atoms with Crippen molar-refractivity contribution in [2.75, 3.05) is 26.4 Å². The van der Waals surface area contributed by atoms with E-state index in [9.17, 15) is 61.0 Å². The number of carbonyl (C=O) groups excluding carboxylic acids is 1. The van der Waals surface area contributed by atoms with E-state index in [4.69, 9.17) is 28.4 Å². The number of allylic oxidation sites excluding steroid dienone is 17. The Morgan fingerprint density at radius 3 is 1.29 bits per heavy atom. The first-order valence-corrected chi connectivity index (χ1v) is 32.6. The number of ether oxygens (including phenoxy) is 6. The maximum Gasteiger partial charge on any atom is 0.220 e. The average Bonchev–Trinajstić information content (AvgIpc) is 1.69. The van der Waals surface area contributed by atoms with E-state index in [2.05, 4.69) is 116 Å². The third-order valence-electron chi connectivity index (χ3n) is 15.6. The summed E-state index contributed by atoms with van der Waals surface area (Å²) in [6, 6.07) is -1.00. The summed E-state index contributed by atoms with van der Waals surface area (Å²) in [7, 11) is 0. The Bertz CT molecular complexity index is 2000. The molecule has 1 amide bonds. The summed E-state index contributed by atoms with van der Waals surface area (Å²) in [4.78, 5) is 13.4. The fourth-order valence-corrected chi connectivity index (χ4v) is 10.2. The van der Waals surface area contributed by atoms with E-state index in [0.29, 0.717) is 12.8 Å². The standard InChI is InChI=1S/C68H113NO18/c1-3-5-7-9-11-13-15-17-18-19-20-21-22-23-24-25-26-27-28-29-30-31-32-34-36-38-40-42-44-46-56(74)69-51(52(73)45-43-41-39-37-35-33-16-14-12-10-8-6-4-2)50-82-66-62(80)59(77)64(54(48-71)84-66)87-68-63(81)60(78)65(55(49-72)85-68)86-67-61(79)58(76)57(75)53(47-70)83-67/h5,7,11,13,17-18,20-21,23-24,26-27,29-30,35,37,43,45,51-55,57-68,70-73,75-81H,3-4,6,8-10,12,14-16,19,22,25,28,31-34,36,38-42,44,46-50H2,1-2H3,(H,69,74)/b7-5-,13-11-,18-17-,21-20-,24-23-,27-26-,30-29-,37-35+,45-43+. The molecule has 3 heterocycles. The molecule has 0 radical (unpaired) electrons. The summed E-state index contributed by atoms with van der Waals surface area (Å²) >= 11 is 0. The molecule has 3 rings (SSSR count). The Morgan fingerprint density at radius 1 is 0.425 bits per heavy atom. The van der Waals surface area contributed by atoms with E-state index in [1.54, 1.807) is 6.08 Å². The molecule has 3 fully saturated rings. The van der Waals surface area contributed by atoms with Gasteiger partial charge in [-0.2, -0.15) is 0 Å². The van der Waals surface area contributed by atoms with Crippen LogP contribution in [0.2, 0.25) is 0 Å². The number of aliphatic hydroxyl groups excluding tert-OH is 11. The van der Waals surface area contributed by atoms with Gasteiger partial charge in [0.25, 0.3) is 0 Å². The molecule has 3 aliphatic rings. The molecule has 0 aliphatic carbocycles. The van der Waals surface area contributed by atoms with E-state index < -0.39 is 124 Å². The van der Waals surface area contributed by atoms with Crippen molar-refractivity contribution in [2.45, 2.75) is 285 Å². The Kier molecular flexibility index (Phi) is 43.9. The van der Waals surface area contributed by atoms with Crippen LogP contribution in [0.25, 0.3) is 0 Å². The van der Waals surface area contributed by atoms with Crippen LogP contribution >= 0.6 is 0 Å². The lowest BCUT2D eigenvalue weighted by Gasteiger charge is -2.48. The van der Waals surface area contributed by atoms with Crippen molar-refractivity contribution >= 4 is 5.91 Å². The lowest BCUT2D eigenvalue weighted by atomic mass is 9.96. The zero-order valence-corrected chi connectivity index (χ0v) is 52.2. The number of nitrogens with one attached hydrogen (secondary N) is 1. The van der Waals surface area contributed by atoms with Crippen molar-refractivity contribution < 1.29 is 89.4 Å². The minimum Gasteiger partial charge on any atom is -0.394 e. The zero-order chi connectivity index (χ0) is 63.3. The van der Waals surface area contributed by atoms with Crippen LogP contribution < -0.4 is 5.32 Å². The molecule has 12 N–H and O–H groups in total. The second-order valence-corrected chi connectivity index (χ2v) is 22.8. The van der Waals surface area contributed by atoms with Crippen molar-refractivity contribution in [3.8, 4) is 0 Å². The SMILES string of the molecule is CC/C=C\C/C=C\C/C=C\C/C=C\C/C=C\C/C=C\C/C=C\CCCCCCCCCC(=O)NC(COC1OC(CO)C(OC2OC(CO)C(OC3OC(CO)C(O)C(O)C3O)C(O)C2O)C(O)C1O)C(O)/C=C/CC/C=C/CCCCCCCCC. The number of unbranched alkanes of at least 4 members (excludes halogenated alkanes) is 15. The van der Waals surface area contributed by atoms with Gasteiger partial charge in [-0.1, -0.05) is 194 Å². The van der Waals surface area contributed by atoms with Gasteiger partial charge in [0.2, 0.25) is 5.91 Å². The van der Waals surface area contributed by atoms with Crippen LogP contribution in [0.4, 0.5) is 0 Å². The molecular weight excluding hydrogens is 1120 g/mol. The molecule has 3 saturated heterocycles. The molecule has 3 aliphatic heterocycles. The summed E-state index contributed by atoms with van der Waals surface area (Å²) in [6.45, 7) is 1.54. The number of carbonyl (C=O) groups is 1. The van der Waals surface area contributed by atoms with Crippen molar-refractivity contribution in [2.24, 2.45) is 0 Å². The van der Waals surface area contributed by atoms with Crippen molar-refractivity contribution in [1.29, 1.82) is 0 Å². The lowest BCUT2D eigenvalue weighted by molar-refractivity contribution is -0.379. The van der Waals surface area contributed by atoms with E-state index >= 15 is 0 Å². The molecule has 0 aromatic heterocycles. The van der Waals surface area contributed by atoms with Crippen LogP contribution in [0.15, 0.2) is 109 Å². The topological polar surface area (TPSA) is 307 Å². The quantitative estimate of drug-likeness (QED) is 0.0207. The van der Waals surface area contributed by atoms with E-state index in [-0.39, 0.29) is 18.9 Å². The first-order valence-electron chi connectivity index (χ1n) is 32.6. The van der Waals surface area contributed by atoms with E-state index in [1.165, 1.54) is 38.5 Å². The van der Waals surface area contributed by atoms with Gasteiger partial charge >= 0.3 is 0 Å². The summed E-state index contributed by atoms with van der Waals surface area (Å²) in [5.74, 6) is -0.303. The third kappa shape index (κ3) is 31.8. The predicted molar refractivity (Wildman–Crippen MR) is 337 cm³/mol. The predicted octanol–water partition coefficient (Wildman–Crippen LogP) is 7.49. The van der Waals surface area contributed by atoms with Gasteiger partial charge in [0.05, 0.1) is 38.6 Å². The number of rotatable bonds is 47. The molecule has 0 aromatic rings. The number of amides is 1. The molecule has 17 atom stereocenters. The van der Waals surface area contributed by atoms with Gasteiger partial charge in [0.1, 0.15) is 73.2 Å². The van der Waals surface area contributed by atoms with Gasteiger partial charge in [0.15, 0.2) is 18.9 Å². The van der Waals surface area contributed by atoms with Gasteiger partial charge in [0, 0.05) is 6.42 Å². The minimum absolute atomic E-state index is 0.215. The molecule has 0 saturated carbocycles. The summed E-state index contributed by atoms with van der Waals surface area (Å²) in [5, 5.41) is 120. The van der Waals surface area contributed by atoms with Crippen LogP contribution in [0.1, 0.15) is 181 Å². The Morgan fingerprint density at radius 2 is 0.805 bits per heavy atom. The van der Waals surface area contributed by atoms with Crippen LogP contribution in [-0.2, 0) is 33.2 Å². The van der Waals surface area contributed by atoms with Gasteiger partial charge in [-0.25, -0.2) is 0 Å². The highest BCUT2D eigenvalue weighted by atomic mass is 16.8. The Labute approximate surface area is 519 Å². The maximum atomic E-state index is 13.4.